The molecule has 4 N–H and O–H groups in total. The summed E-state index contributed by atoms with van der Waals surface area (Å²) in [6.07, 6.45) is -23.2. The van der Waals surface area contributed by atoms with E-state index in [0.29, 0.717) is 16.7 Å². The predicted octanol–water partition coefficient (Wildman–Crippen LogP) is 12.7. The van der Waals surface area contributed by atoms with E-state index in [1.54, 1.807) is 48.5 Å². The van der Waals surface area contributed by atoms with Crippen LogP contribution in [0.15, 0.2) is 273 Å². The third-order valence-electron chi connectivity index (χ3n) is 17.7. The molecule has 3 aliphatic heterocycles. The molecule has 22 nitrogen and oxygen atoms in total. The largest absolute Gasteiger partial charge is 0.475 e. The maximum Gasteiger partial charge on any atom is 0.475 e. The number of hydrogen-bond acceptors (Lipinski definition) is 20. The van der Waals surface area contributed by atoms with Gasteiger partial charge in [-0.1, -0.05) is 273 Å². The van der Waals surface area contributed by atoms with Crippen molar-refractivity contribution in [3.63, 3.8) is 0 Å². The van der Waals surface area contributed by atoms with E-state index in [0.717, 1.165) is 33.4 Å². The molecule has 0 spiro atoms. The van der Waals surface area contributed by atoms with Crippen molar-refractivity contribution < 1.29 is 104 Å². The molecule has 17 atom stereocenters. The summed E-state index contributed by atoms with van der Waals surface area (Å²) < 4.78 is 135. The topological polar surface area (TPSA) is 263 Å². The average Bonchev–Trinajstić information content (AvgIpc) is 0.821. The Morgan fingerprint density at radius 1 is 0.257 bits per heavy atom. The van der Waals surface area contributed by atoms with Gasteiger partial charge in [0.2, 0.25) is 0 Å². The number of phosphoric acid groups is 2. The van der Waals surface area contributed by atoms with Crippen molar-refractivity contribution in [3.05, 3.63) is 323 Å². The highest BCUT2D eigenvalue weighted by molar-refractivity contribution is 7.47. The molecule has 3 saturated heterocycles. The molecule has 3 fully saturated rings. The highest BCUT2D eigenvalue weighted by Crippen LogP contribution is 2.54. The lowest BCUT2D eigenvalue weighted by Crippen LogP contribution is -2.62. The van der Waals surface area contributed by atoms with Crippen LogP contribution in [0.3, 0.4) is 0 Å². The molecular weight excluding hydrogens is 1390 g/mol. The van der Waals surface area contributed by atoms with E-state index in [1.165, 1.54) is 0 Å². The molecule has 0 aromatic heterocycles. The lowest BCUT2D eigenvalue weighted by atomic mass is 9.98. The Bertz CT molecular complexity index is 4030. The molecule has 3 heterocycles. The third kappa shape index (κ3) is 23.3. The molecule has 0 radical (unpaired) electrons. The van der Waals surface area contributed by atoms with Gasteiger partial charge in [0.1, 0.15) is 73.2 Å². The fourth-order valence-corrected chi connectivity index (χ4v) is 14.5. The summed E-state index contributed by atoms with van der Waals surface area (Å²) in [7, 11) is -11.3. The lowest BCUT2D eigenvalue weighted by molar-refractivity contribution is -0.317. The summed E-state index contributed by atoms with van der Waals surface area (Å²) in [5, 5.41) is 24.3. The van der Waals surface area contributed by atoms with Crippen LogP contribution < -0.4 is 0 Å². The van der Waals surface area contributed by atoms with Gasteiger partial charge in [-0.05, 0) is 50.1 Å². The van der Waals surface area contributed by atoms with Crippen molar-refractivity contribution in [2.24, 2.45) is 0 Å². The third-order valence-corrected chi connectivity index (χ3v) is 19.7. The van der Waals surface area contributed by atoms with Gasteiger partial charge in [0.05, 0.1) is 79.3 Å². The van der Waals surface area contributed by atoms with Gasteiger partial charge in [0, 0.05) is 0 Å². The first-order chi connectivity index (χ1) is 51.3. The van der Waals surface area contributed by atoms with E-state index < -0.39 is 114 Å². The number of benzene rings is 9. The van der Waals surface area contributed by atoms with Gasteiger partial charge >= 0.3 is 15.6 Å². The molecule has 9 aromatic carbocycles. The molecule has 554 valence electrons. The first kappa shape index (κ1) is 77.3. The molecule has 105 heavy (non-hydrogen) atoms. The molecule has 0 amide bonds. The van der Waals surface area contributed by atoms with E-state index in [2.05, 4.69) is 0 Å². The van der Waals surface area contributed by atoms with Gasteiger partial charge < -0.3 is 76.8 Å². The van der Waals surface area contributed by atoms with Crippen LogP contribution in [0, 0.1) is 0 Å². The summed E-state index contributed by atoms with van der Waals surface area (Å²) in [5.74, 6) is 0. The second-order valence-corrected chi connectivity index (χ2v) is 28.2. The van der Waals surface area contributed by atoms with Crippen molar-refractivity contribution in [1.29, 1.82) is 0 Å². The van der Waals surface area contributed by atoms with Crippen molar-refractivity contribution in [2.75, 3.05) is 19.8 Å². The van der Waals surface area contributed by atoms with Gasteiger partial charge in [-0.25, -0.2) is 9.13 Å². The zero-order chi connectivity index (χ0) is 72.5. The lowest BCUT2D eigenvalue weighted by Gasteiger charge is -2.47. The highest BCUT2D eigenvalue weighted by atomic mass is 31.2. The maximum atomic E-state index is 15.7. The van der Waals surface area contributed by atoms with Gasteiger partial charge in [-0.3, -0.25) is 18.1 Å². The highest BCUT2D eigenvalue weighted by Gasteiger charge is 2.57. The molecular formula is C81H88O22P2. The molecule has 0 saturated carbocycles. The molecule has 24 heteroatoms. The second-order valence-electron chi connectivity index (χ2n) is 25.5. The minimum absolute atomic E-state index is 0.0206. The number of phosphoric ester groups is 2. The number of rotatable bonds is 38. The second kappa shape index (κ2) is 39.5. The van der Waals surface area contributed by atoms with Gasteiger partial charge in [0.15, 0.2) is 18.9 Å². The van der Waals surface area contributed by atoms with E-state index in [1.807, 2.05) is 224 Å². The standard InChI is InChI=1S/C81H88O22P2/c82-70-67(55-88-46-58-28-10-1-11-29-58)98-80(77(95-53-65-42-24-8-25-43-65)73(70)91-49-61-34-16-4-17-35-61)102-105(86,87)101-72-69(57-90-48-60-32-14-3-15-33-60)99-81(78(96-54-66-44-26-9-27-45-66)75(72)93-51-63-38-20-6-21-39-63)103-104(84,85)100-71-68(56-89-47-59-30-12-2-13-31-59)97-79(83)76(94-52-64-40-22-7-23-41-64)74(71)92-50-62-36-18-5-19-37-62/h1-45,67-83H,46-57H2,(H,84,85)(H,86,87)/t67-,68-,69-,70-,71-,72-,73+,74+,75+,76-,77-,78-,79?,80-,81-/m1/s1. The van der Waals surface area contributed by atoms with Crippen LogP contribution in [0.25, 0.3) is 0 Å². The average molecular weight is 1480 g/mol. The zero-order valence-electron chi connectivity index (χ0n) is 57.7. The van der Waals surface area contributed by atoms with E-state index in [4.69, 9.17) is 74.9 Å². The molecule has 12 rings (SSSR count). The number of aliphatic hydroxyl groups is 2. The van der Waals surface area contributed by atoms with Gasteiger partial charge in [0.25, 0.3) is 0 Å². The van der Waals surface area contributed by atoms with Crippen LogP contribution in [-0.2, 0) is 144 Å². The Hall–Kier alpha value is -7.36. The molecule has 3 aliphatic rings. The Morgan fingerprint density at radius 2 is 0.486 bits per heavy atom. The first-order valence-corrected chi connectivity index (χ1v) is 37.8. The molecule has 9 aromatic rings. The Kier molecular flexibility index (Phi) is 29.0. The summed E-state index contributed by atoms with van der Waals surface area (Å²) >= 11 is 0. The van der Waals surface area contributed by atoms with Crippen LogP contribution >= 0.6 is 15.6 Å². The van der Waals surface area contributed by atoms with Gasteiger partial charge in [-0.15, -0.1) is 0 Å². The molecule has 3 unspecified atom stereocenters. The van der Waals surface area contributed by atoms with Crippen LogP contribution in [-0.4, -0.2) is 132 Å². The normalized spacial score (nSPS) is 25.9. The first-order valence-electron chi connectivity index (χ1n) is 34.9. The number of aliphatic hydroxyl groups excluding tert-OH is 2. The van der Waals surface area contributed by atoms with Crippen molar-refractivity contribution >= 4 is 15.6 Å². The van der Waals surface area contributed by atoms with Crippen LogP contribution in [0.4, 0.5) is 0 Å². The summed E-state index contributed by atoms with van der Waals surface area (Å²) in [4.78, 5) is 25.4. The smallest absolute Gasteiger partial charge is 0.387 e. The predicted molar refractivity (Wildman–Crippen MR) is 384 cm³/mol. The quantitative estimate of drug-likeness (QED) is 0.0262. The fourth-order valence-electron chi connectivity index (χ4n) is 12.4. The molecule has 0 bridgehead atoms. The summed E-state index contributed by atoms with van der Waals surface area (Å²) in [6.45, 7) is -1.46. The summed E-state index contributed by atoms with van der Waals surface area (Å²) in [5.41, 5.74) is 6.58. The van der Waals surface area contributed by atoms with Crippen molar-refractivity contribution in [3.8, 4) is 0 Å². The van der Waals surface area contributed by atoms with Gasteiger partial charge in [-0.2, -0.15) is 0 Å². The van der Waals surface area contributed by atoms with E-state index >= 15 is 9.13 Å². The van der Waals surface area contributed by atoms with Crippen LogP contribution in [0.1, 0.15) is 50.1 Å². The zero-order valence-corrected chi connectivity index (χ0v) is 59.4. The number of ether oxygens (including phenoxy) is 12. The minimum Gasteiger partial charge on any atom is -0.387 e. The summed E-state index contributed by atoms with van der Waals surface area (Å²) in [6, 6.07) is 82.7. The monoisotopic (exact) mass is 1470 g/mol. The number of hydrogen-bond donors (Lipinski definition) is 4. The van der Waals surface area contributed by atoms with Crippen LogP contribution in [0.2, 0.25) is 0 Å². The van der Waals surface area contributed by atoms with E-state index in [9.17, 15) is 20.0 Å². The van der Waals surface area contributed by atoms with E-state index in [-0.39, 0.29) is 72.7 Å². The SMILES string of the molecule is O=P(O)(O[C@H]1O[C@H](COCc2ccccc2)[C@@H](O)[C@H](OCc2ccccc2)[C@H]1OCc1ccccc1)O[C@H]1[C@H](OCc2ccccc2)[C@@H](OCc2ccccc2)[C@@H](OP(=O)(O)O[C@H]2[C@H](OCc3ccccc3)[C@@H](OCc3ccccc3)C(O)O[C@@H]2COCc2ccccc2)O[C@@H]1COCc1ccccc1. The van der Waals surface area contributed by atoms with Crippen molar-refractivity contribution in [1.82, 2.24) is 0 Å². The van der Waals surface area contributed by atoms with Crippen molar-refractivity contribution in [2.45, 2.75) is 152 Å². The Morgan fingerprint density at radius 3 is 0.800 bits per heavy atom. The minimum atomic E-state index is -5.64. The van der Waals surface area contributed by atoms with Crippen LogP contribution in [0.5, 0.6) is 0 Å². The fraction of sp³-hybridized carbons (Fsp3) is 0.333. The maximum absolute atomic E-state index is 15.7. The Balaban J connectivity index is 0.901. The molecule has 0 aliphatic carbocycles. The Labute approximate surface area is 611 Å².